The minimum atomic E-state index is -0.441. The highest BCUT2D eigenvalue weighted by molar-refractivity contribution is 5.85. The molecule has 0 radical (unpaired) electrons. The largest absolute Gasteiger partial charge is 0.478 e. The molecule has 4 nitrogen and oxygen atoms in total. The molecule has 0 N–H and O–H groups in total. The van der Waals surface area contributed by atoms with Gasteiger partial charge in [-0.1, -0.05) is 32.0 Å². The number of hydrogen-bond acceptors (Lipinski definition) is 4. The summed E-state index contributed by atoms with van der Waals surface area (Å²) in [6.45, 7) is 6.38. The van der Waals surface area contributed by atoms with Gasteiger partial charge in [0.05, 0.1) is 16.5 Å². The number of ether oxygens (including phenoxy) is 1. The van der Waals surface area contributed by atoms with E-state index in [1.165, 1.54) is 12.3 Å². The number of rotatable bonds is 3. The summed E-state index contributed by atoms with van der Waals surface area (Å²) in [7, 11) is 0. The number of nitrogens with zero attached hydrogens (tertiary/aromatic N) is 1. The molecule has 2 aromatic carbocycles. The lowest BCUT2D eigenvalue weighted by Gasteiger charge is -2.30. The van der Waals surface area contributed by atoms with E-state index in [1.807, 2.05) is 0 Å². The second-order valence-electron chi connectivity index (χ2n) is 7.06. The molecule has 0 saturated heterocycles. The highest BCUT2D eigenvalue weighted by atomic mass is 19.1. The van der Waals surface area contributed by atoms with Gasteiger partial charge in [-0.3, -0.25) is 9.69 Å². The lowest BCUT2D eigenvalue weighted by atomic mass is 10.0. The second kappa shape index (κ2) is 6.57. The molecule has 0 atom stereocenters. The van der Waals surface area contributed by atoms with Gasteiger partial charge in [-0.05, 0) is 24.1 Å². The number of fused-ring (bicyclic) bond motifs is 3. The van der Waals surface area contributed by atoms with Crippen molar-refractivity contribution in [3.8, 4) is 16.9 Å². The first-order valence-corrected chi connectivity index (χ1v) is 8.72. The molecule has 0 aliphatic carbocycles. The third kappa shape index (κ3) is 2.88. The van der Waals surface area contributed by atoms with Gasteiger partial charge in [0.2, 0.25) is 5.43 Å². The Morgan fingerprint density at radius 1 is 1.15 bits per heavy atom. The van der Waals surface area contributed by atoms with Crippen LogP contribution in [0.3, 0.4) is 0 Å². The molecule has 5 heteroatoms. The molecule has 1 aliphatic rings. The molecular formula is C21H20FNO3. The molecule has 0 saturated carbocycles. The Morgan fingerprint density at radius 2 is 1.96 bits per heavy atom. The van der Waals surface area contributed by atoms with Crippen LogP contribution in [0, 0.1) is 11.7 Å². The summed E-state index contributed by atoms with van der Waals surface area (Å²) in [5, 5.41) is 0.444. The first kappa shape index (κ1) is 16.8. The zero-order chi connectivity index (χ0) is 18.3. The van der Waals surface area contributed by atoms with Crippen LogP contribution in [0.5, 0.6) is 5.75 Å². The van der Waals surface area contributed by atoms with Crippen LogP contribution in [0.25, 0.3) is 22.1 Å². The average Bonchev–Trinajstić information content (AvgIpc) is 2.62. The first-order valence-electron chi connectivity index (χ1n) is 8.72. The predicted octanol–water partition coefficient (Wildman–Crippen LogP) is 4.41. The number of hydrogen-bond donors (Lipinski definition) is 0. The van der Waals surface area contributed by atoms with Gasteiger partial charge in [-0.25, -0.2) is 4.39 Å². The summed E-state index contributed by atoms with van der Waals surface area (Å²) < 4.78 is 25.7. The SMILES string of the molecule is CC(C)CN1COc2ccc3c(=O)c(-c4ccccc4F)coc3c2C1. The minimum Gasteiger partial charge on any atom is -0.478 e. The molecule has 0 amide bonds. The van der Waals surface area contributed by atoms with Crippen molar-refractivity contribution in [2.75, 3.05) is 13.3 Å². The standard InChI is InChI=1S/C21H20FNO3/c1-13(2)9-23-10-16-19(26-12-23)8-7-15-20(24)17(11-25-21(15)16)14-5-3-4-6-18(14)22/h3-8,11,13H,9-10,12H2,1-2H3. The number of benzene rings is 2. The molecule has 0 spiro atoms. The van der Waals surface area contributed by atoms with E-state index in [0.717, 1.165) is 17.9 Å². The van der Waals surface area contributed by atoms with Crippen molar-refractivity contribution in [3.05, 3.63) is 64.3 Å². The smallest absolute Gasteiger partial charge is 0.200 e. The van der Waals surface area contributed by atoms with E-state index >= 15 is 0 Å². The molecular weight excluding hydrogens is 333 g/mol. The Balaban J connectivity index is 1.83. The third-order valence-electron chi connectivity index (χ3n) is 4.57. The fraction of sp³-hybridized carbons (Fsp3) is 0.286. The summed E-state index contributed by atoms with van der Waals surface area (Å²) >= 11 is 0. The van der Waals surface area contributed by atoms with Crippen LogP contribution in [0.2, 0.25) is 0 Å². The van der Waals surface area contributed by atoms with Crippen molar-refractivity contribution in [1.29, 1.82) is 0 Å². The summed E-state index contributed by atoms with van der Waals surface area (Å²) in [5.74, 6) is 0.803. The lowest BCUT2D eigenvalue weighted by molar-refractivity contribution is 0.0848. The van der Waals surface area contributed by atoms with Gasteiger partial charge in [0.25, 0.3) is 0 Å². The van der Waals surface area contributed by atoms with E-state index in [4.69, 9.17) is 9.15 Å². The second-order valence-corrected chi connectivity index (χ2v) is 7.06. The zero-order valence-electron chi connectivity index (χ0n) is 14.8. The van der Waals surface area contributed by atoms with Gasteiger partial charge < -0.3 is 9.15 Å². The molecule has 2 heterocycles. The van der Waals surface area contributed by atoms with Gasteiger partial charge in [0.15, 0.2) is 0 Å². The fourth-order valence-corrected chi connectivity index (χ4v) is 3.45. The topological polar surface area (TPSA) is 42.7 Å². The van der Waals surface area contributed by atoms with E-state index in [0.29, 0.717) is 30.2 Å². The van der Waals surface area contributed by atoms with Crippen LogP contribution >= 0.6 is 0 Å². The van der Waals surface area contributed by atoms with Gasteiger partial charge in [0, 0.05) is 18.7 Å². The van der Waals surface area contributed by atoms with Crippen LogP contribution in [-0.4, -0.2) is 18.2 Å². The molecule has 0 bridgehead atoms. The molecule has 1 aliphatic heterocycles. The molecule has 3 aromatic rings. The van der Waals surface area contributed by atoms with Crippen molar-refractivity contribution in [1.82, 2.24) is 4.90 Å². The van der Waals surface area contributed by atoms with E-state index in [9.17, 15) is 9.18 Å². The maximum Gasteiger partial charge on any atom is 0.200 e. The maximum absolute atomic E-state index is 14.1. The lowest BCUT2D eigenvalue weighted by Crippen LogP contribution is -2.34. The van der Waals surface area contributed by atoms with Gasteiger partial charge in [-0.2, -0.15) is 0 Å². The fourth-order valence-electron chi connectivity index (χ4n) is 3.45. The van der Waals surface area contributed by atoms with Gasteiger partial charge in [-0.15, -0.1) is 0 Å². The Labute approximate surface area is 150 Å². The van der Waals surface area contributed by atoms with Gasteiger partial charge >= 0.3 is 0 Å². The summed E-state index contributed by atoms with van der Waals surface area (Å²) in [6.07, 6.45) is 1.35. The highest BCUT2D eigenvalue weighted by Crippen LogP contribution is 2.33. The minimum absolute atomic E-state index is 0.228. The Bertz CT molecular complexity index is 1030. The van der Waals surface area contributed by atoms with Crippen LogP contribution in [-0.2, 0) is 6.54 Å². The van der Waals surface area contributed by atoms with E-state index in [2.05, 4.69) is 18.7 Å². The van der Waals surface area contributed by atoms with Crippen molar-refractivity contribution in [2.45, 2.75) is 20.4 Å². The third-order valence-corrected chi connectivity index (χ3v) is 4.57. The van der Waals surface area contributed by atoms with Crippen molar-refractivity contribution in [3.63, 3.8) is 0 Å². The van der Waals surface area contributed by atoms with Crippen LogP contribution in [0.1, 0.15) is 19.4 Å². The molecule has 26 heavy (non-hydrogen) atoms. The number of halogens is 1. The average molecular weight is 353 g/mol. The normalized spacial score (nSPS) is 14.5. The molecule has 1 aromatic heterocycles. The molecule has 0 fully saturated rings. The van der Waals surface area contributed by atoms with Crippen molar-refractivity contribution < 1.29 is 13.5 Å². The van der Waals surface area contributed by atoms with Crippen LogP contribution in [0.15, 0.2) is 51.9 Å². The quantitative estimate of drug-likeness (QED) is 0.700. The molecule has 134 valence electrons. The molecule has 4 rings (SSSR count). The maximum atomic E-state index is 14.1. The Morgan fingerprint density at radius 3 is 2.73 bits per heavy atom. The summed E-state index contributed by atoms with van der Waals surface area (Å²) in [6, 6.07) is 9.71. The van der Waals surface area contributed by atoms with Crippen LogP contribution in [0.4, 0.5) is 4.39 Å². The zero-order valence-corrected chi connectivity index (χ0v) is 14.8. The summed E-state index contributed by atoms with van der Waals surface area (Å²) in [4.78, 5) is 15.1. The van der Waals surface area contributed by atoms with Gasteiger partial charge in [0.1, 0.15) is 30.1 Å². The Hall–Kier alpha value is -2.66. The molecule has 0 unspecified atom stereocenters. The van der Waals surface area contributed by atoms with Crippen LogP contribution < -0.4 is 10.2 Å². The summed E-state index contributed by atoms with van der Waals surface area (Å²) in [5.41, 5.74) is 1.62. The Kier molecular flexibility index (Phi) is 4.24. The van der Waals surface area contributed by atoms with E-state index in [-0.39, 0.29) is 16.6 Å². The monoisotopic (exact) mass is 353 g/mol. The predicted molar refractivity (Wildman–Crippen MR) is 98.6 cm³/mol. The van der Waals surface area contributed by atoms with E-state index < -0.39 is 5.82 Å². The highest BCUT2D eigenvalue weighted by Gasteiger charge is 2.23. The van der Waals surface area contributed by atoms with E-state index in [1.54, 1.807) is 30.3 Å². The van der Waals surface area contributed by atoms with Crippen molar-refractivity contribution >= 4 is 11.0 Å². The first-order chi connectivity index (χ1) is 12.5. The van der Waals surface area contributed by atoms with Crippen molar-refractivity contribution in [2.24, 2.45) is 5.92 Å².